The molecule has 0 aliphatic rings. The summed E-state index contributed by atoms with van der Waals surface area (Å²) in [7, 11) is 0. The lowest BCUT2D eigenvalue weighted by atomic mass is 10.2. The van der Waals surface area contributed by atoms with Gasteiger partial charge in [-0.15, -0.1) is 0 Å². The molecule has 0 amide bonds. The summed E-state index contributed by atoms with van der Waals surface area (Å²) in [5.74, 6) is 1.00. The van der Waals surface area contributed by atoms with E-state index in [2.05, 4.69) is 37.4 Å². The minimum Gasteiger partial charge on any atom is -0.300 e. The van der Waals surface area contributed by atoms with Crippen molar-refractivity contribution in [3.63, 3.8) is 0 Å². The summed E-state index contributed by atoms with van der Waals surface area (Å²) in [5, 5.41) is 8.55. The van der Waals surface area contributed by atoms with Crippen molar-refractivity contribution in [2.45, 2.75) is 52.0 Å². The molecule has 0 aromatic heterocycles. The Kier molecular flexibility index (Phi) is 10.2. The van der Waals surface area contributed by atoms with Crippen LogP contribution in [0.4, 0.5) is 0 Å². The maximum Gasteiger partial charge on any atom is 0.0635 e. The Balaban J connectivity index is 3.53. The number of nitriles is 1. The number of thiol groups is 1. The van der Waals surface area contributed by atoms with E-state index >= 15 is 0 Å². The second-order valence-corrected chi connectivity index (χ2v) is 4.62. The summed E-state index contributed by atoms with van der Waals surface area (Å²) in [5.41, 5.74) is 0. The second kappa shape index (κ2) is 10.3. The van der Waals surface area contributed by atoms with Gasteiger partial charge in [0.2, 0.25) is 0 Å². The molecule has 0 unspecified atom stereocenters. The Morgan fingerprint density at radius 3 is 2.33 bits per heavy atom. The normalized spacial score (nSPS) is 10.9. The summed E-state index contributed by atoms with van der Waals surface area (Å²) in [6, 6.07) is 2.77. The van der Waals surface area contributed by atoms with Crippen LogP contribution in [0.5, 0.6) is 0 Å². The molecular weight excluding hydrogens is 204 g/mol. The van der Waals surface area contributed by atoms with Crippen LogP contribution in [-0.4, -0.2) is 29.8 Å². The highest BCUT2D eigenvalue weighted by molar-refractivity contribution is 7.80. The van der Waals surface area contributed by atoms with Crippen molar-refractivity contribution in [1.29, 1.82) is 5.26 Å². The quantitative estimate of drug-likeness (QED) is 0.485. The van der Waals surface area contributed by atoms with Crippen molar-refractivity contribution < 1.29 is 0 Å². The molecule has 0 spiro atoms. The topological polar surface area (TPSA) is 27.0 Å². The van der Waals surface area contributed by atoms with E-state index in [1.54, 1.807) is 0 Å². The van der Waals surface area contributed by atoms with Gasteiger partial charge in [0.15, 0.2) is 0 Å². The highest BCUT2D eigenvalue weighted by Crippen LogP contribution is 2.06. The van der Waals surface area contributed by atoms with Gasteiger partial charge < -0.3 is 0 Å². The monoisotopic (exact) mass is 228 g/mol. The lowest BCUT2D eigenvalue weighted by molar-refractivity contribution is 0.221. The number of unbranched alkanes of at least 4 members (excludes halogenated alkanes) is 3. The third kappa shape index (κ3) is 8.77. The van der Waals surface area contributed by atoms with Gasteiger partial charge in [0.1, 0.15) is 0 Å². The van der Waals surface area contributed by atoms with Gasteiger partial charge >= 0.3 is 0 Å². The first kappa shape index (κ1) is 14.8. The fraction of sp³-hybridized carbons (Fsp3) is 0.917. The first-order valence-corrected chi connectivity index (χ1v) is 6.57. The predicted molar refractivity (Wildman–Crippen MR) is 69.3 cm³/mol. The third-order valence-corrected chi connectivity index (χ3v) is 2.91. The SMILES string of the molecule is CC(C)N(CCC#N)CCCCCCS. The lowest BCUT2D eigenvalue weighted by Crippen LogP contribution is -2.32. The summed E-state index contributed by atoms with van der Waals surface area (Å²) in [6.45, 7) is 6.45. The molecule has 0 N–H and O–H groups in total. The Morgan fingerprint density at radius 2 is 1.80 bits per heavy atom. The summed E-state index contributed by atoms with van der Waals surface area (Å²) >= 11 is 4.20. The van der Waals surface area contributed by atoms with E-state index in [-0.39, 0.29) is 0 Å². The van der Waals surface area contributed by atoms with E-state index in [9.17, 15) is 0 Å². The minimum absolute atomic E-state index is 0.559. The van der Waals surface area contributed by atoms with Crippen LogP contribution in [0.15, 0.2) is 0 Å². The fourth-order valence-electron chi connectivity index (χ4n) is 1.60. The molecule has 0 radical (unpaired) electrons. The van der Waals surface area contributed by atoms with Gasteiger partial charge in [-0.05, 0) is 39.0 Å². The van der Waals surface area contributed by atoms with Gasteiger partial charge in [-0.25, -0.2) is 0 Å². The molecule has 0 saturated carbocycles. The van der Waals surface area contributed by atoms with Gasteiger partial charge in [0.25, 0.3) is 0 Å². The first-order valence-electron chi connectivity index (χ1n) is 5.94. The van der Waals surface area contributed by atoms with Crippen molar-refractivity contribution in [2.24, 2.45) is 0 Å². The number of hydrogen-bond acceptors (Lipinski definition) is 3. The Bertz CT molecular complexity index is 175. The van der Waals surface area contributed by atoms with Crippen molar-refractivity contribution in [3.05, 3.63) is 0 Å². The van der Waals surface area contributed by atoms with Crippen LogP contribution >= 0.6 is 12.6 Å². The molecule has 0 heterocycles. The van der Waals surface area contributed by atoms with Crippen LogP contribution in [0, 0.1) is 11.3 Å². The van der Waals surface area contributed by atoms with Crippen LogP contribution in [0.1, 0.15) is 46.0 Å². The molecule has 0 rings (SSSR count). The molecule has 0 aromatic rings. The molecule has 88 valence electrons. The van der Waals surface area contributed by atoms with Crippen LogP contribution in [0.2, 0.25) is 0 Å². The van der Waals surface area contributed by atoms with Crippen molar-refractivity contribution in [3.8, 4) is 6.07 Å². The van der Waals surface area contributed by atoms with E-state index in [0.717, 1.165) is 18.8 Å². The first-order chi connectivity index (χ1) is 7.22. The van der Waals surface area contributed by atoms with E-state index in [1.807, 2.05) is 0 Å². The standard InChI is InChI=1S/C12H24N2S/c1-12(2)14(10-7-8-13)9-5-3-4-6-11-15/h12,15H,3-7,9-11H2,1-2H3. The molecule has 3 heteroatoms. The van der Waals surface area contributed by atoms with Crippen LogP contribution in [0.25, 0.3) is 0 Å². The zero-order valence-electron chi connectivity index (χ0n) is 10.1. The molecule has 0 fully saturated rings. The lowest BCUT2D eigenvalue weighted by Gasteiger charge is -2.25. The van der Waals surface area contributed by atoms with Crippen molar-refractivity contribution >= 4 is 12.6 Å². The Hall–Kier alpha value is -0.200. The van der Waals surface area contributed by atoms with Gasteiger partial charge in [-0.2, -0.15) is 17.9 Å². The van der Waals surface area contributed by atoms with Gasteiger partial charge in [-0.1, -0.05) is 12.8 Å². The second-order valence-electron chi connectivity index (χ2n) is 4.18. The Labute approximate surface area is 100 Å². The van der Waals surface area contributed by atoms with Crippen molar-refractivity contribution in [1.82, 2.24) is 4.90 Å². The van der Waals surface area contributed by atoms with Gasteiger partial charge in [0, 0.05) is 19.0 Å². The maximum atomic E-state index is 8.55. The summed E-state index contributed by atoms with van der Waals surface area (Å²) < 4.78 is 0. The zero-order chi connectivity index (χ0) is 11.5. The molecule has 0 aliphatic carbocycles. The van der Waals surface area contributed by atoms with Crippen LogP contribution in [-0.2, 0) is 0 Å². The van der Waals surface area contributed by atoms with Crippen LogP contribution in [0.3, 0.4) is 0 Å². The highest BCUT2D eigenvalue weighted by atomic mass is 32.1. The average Bonchev–Trinajstić information content (AvgIpc) is 2.21. The average molecular weight is 228 g/mol. The maximum absolute atomic E-state index is 8.55. The molecule has 0 atom stereocenters. The molecule has 0 aliphatic heterocycles. The van der Waals surface area contributed by atoms with E-state index in [4.69, 9.17) is 5.26 Å². The molecule has 2 nitrogen and oxygen atoms in total. The fourth-order valence-corrected chi connectivity index (χ4v) is 1.83. The van der Waals surface area contributed by atoms with Gasteiger partial charge in [0.05, 0.1) is 6.07 Å². The zero-order valence-corrected chi connectivity index (χ0v) is 11.0. The number of nitrogens with zero attached hydrogens (tertiary/aromatic N) is 2. The van der Waals surface area contributed by atoms with E-state index in [1.165, 1.54) is 25.7 Å². The minimum atomic E-state index is 0.559. The number of rotatable bonds is 9. The molecule has 15 heavy (non-hydrogen) atoms. The van der Waals surface area contributed by atoms with Crippen LogP contribution < -0.4 is 0 Å². The summed E-state index contributed by atoms with van der Waals surface area (Å²) in [4.78, 5) is 2.39. The van der Waals surface area contributed by atoms with E-state index in [0.29, 0.717) is 12.5 Å². The molecule has 0 bridgehead atoms. The molecule has 0 saturated heterocycles. The smallest absolute Gasteiger partial charge is 0.0635 e. The Morgan fingerprint density at radius 1 is 1.13 bits per heavy atom. The third-order valence-electron chi connectivity index (χ3n) is 2.59. The molecule has 0 aromatic carbocycles. The molecular formula is C12H24N2S. The van der Waals surface area contributed by atoms with Gasteiger partial charge in [-0.3, -0.25) is 4.90 Å². The predicted octanol–water partition coefficient (Wildman–Crippen LogP) is 3.10. The highest BCUT2D eigenvalue weighted by Gasteiger charge is 2.07. The van der Waals surface area contributed by atoms with Crippen molar-refractivity contribution in [2.75, 3.05) is 18.8 Å². The largest absolute Gasteiger partial charge is 0.300 e. The summed E-state index contributed by atoms with van der Waals surface area (Å²) in [6.07, 6.45) is 5.69. The van der Waals surface area contributed by atoms with E-state index < -0.39 is 0 Å². The number of hydrogen-bond donors (Lipinski definition) is 1.